The lowest BCUT2D eigenvalue weighted by molar-refractivity contribution is 0.00972. The molecule has 2 heteroatoms. The van der Waals surface area contributed by atoms with E-state index >= 15 is 0 Å². The van der Waals surface area contributed by atoms with Gasteiger partial charge in [-0.25, -0.2) is 0 Å². The Hall–Kier alpha value is -0.0800. The van der Waals surface area contributed by atoms with E-state index in [1.165, 1.54) is 25.8 Å². The van der Waals surface area contributed by atoms with E-state index in [0.29, 0.717) is 0 Å². The second-order valence-electron chi connectivity index (χ2n) is 4.98. The number of nitrogens with zero attached hydrogens (tertiary/aromatic N) is 1. The molecule has 0 spiro atoms. The molecule has 0 amide bonds. The molecule has 0 bridgehead atoms. The predicted octanol–water partition coefficient (Wildman–Crippen LogP) is 2.27. The Morgan fingerprint density at radius 2 is 2.00 bits per heavy atom. The summed E-state index contributed by atoms with van der Waals surface area (Å²) in [4.78, 5) is 2.40. The van der Waals surface area contributed by atoms with Gasteiger partial charge in [0.2, 0.25) is 0 Å². The van der Waals surface area contributed by atoms with Crippen LogP contribution in [-0.4, -0.2) is 35.2 Å². The van der Waals surface area contributed by atoms with E-state index in [1.807, 2.05) is 6.92 Å². The second kappa shape index (κ2) is 5.13. The van der Waals surface area contributed by atoms with Crippen molar-refractivity contribution in [3.63, 3.8) is 0 Å². The Bertz CT molecular complexity index is 164. The second-order valence-corrected chi connectivity index (χ2v) is 4.98. The van der Waals surface area contributed by atoms with E-state index in [1.54, 1.807) is 0 Å². The summed E-state index contributed by atoms with van der Waals surface area (Å²) in [6.45, 7) is 9.26. The van der Waals surface area contributed by atoms with Crippen molar-refractivity contribution < 1.29 is 5.11 Å². The lowest BCUT2D eigenvalue weighted by Crippen LogP contribution is -2.43. The van der Waals surface area contributed by atoms with Gasteiger partial charge in [-0.1, -0.05) is 20.3 Å². The summed E-state index contributed by atoms with van der Waals surface area (Å²) in [6.07, 6.45) is 5.04. The van der Waals surface area contributed by atoms with Gasteiger partial charge in [-0.2, -0.15) is 0 Å². The average molecular weight is 199 g/mol. The fourth-order valence-corrected chi connectivity index (χ4v) is 1.94. The van der Waals surface area contributed by atoms with Crippen molar-refractivity contribution in [2.24, 2.45) is 5.92 Å². The van der Waals surface area contributed by atoms with Gasteiger partial charge in [0, 0.05) is 13.1 Å². The number of hydrogen-bond donors (Lipinski definition) is 1. The summed E-state index contributed by atoms with van der Waals surface area (Å²) in [6, 6.07) is 0. The highest BCUT2D eigenvalue weighted by molar-refractivity contribution is 4.79. The van der Waals surface area contributed by atoms with Crippen LogP contribution in [0.15, 0.2) is 0 Å². The van der Waals surface area contributed by atoms with Crippen LogP contribution in [0.2, 0.25) is 0 Å². The molecule has 1 unspecified atom stereocenters. The van der Waals surface area contributed by atoms with Crippen LogP contribution in [0.3, 0.4) is 0 Å². The van der Waals surface area contributed by atoms with E-state index in [9.17, 15) is 5.11 Å². The van der Waals surface area contributed by atoms with Crippen molar-refractivity contribution in [2.45, 2.75) is 52.1 Å². The summed E-state index contributed by atoms with van der Waals surface area (Å²) in [5.74, 6) is 0.905. The third-order valence-electron chi connectivity index (χ3n) is 3.51. The minimum Gasteiger partial charge on any atom is -0.389 e. The summed E-state index contributed by atoms with van der Waals surface area (Å²) >= 11 is 0. The van der Waals surface area contributed by atoms with Gasteiger partial charge in [0.25, 0.3) is 0 Å². The molecule has 1 fully saturated rings. The van der Waals surface area contributed by atoms with Gasteiger partial charge in [0.05, 0.1) is 5.60 Å². The zero-order valence-corrected chi connectivity index (χ0v) is 9.92. The van der Waals surface area contributed by atoms with E-state index in [4.69, 9.17) is 0 Å². The fourth-order valence-electron chi connectivity index (χ4n) is 1.94. The van der Waals surface area contributed by atoms with Crippen LogP contribution in [0, 0.1) is 5.92 Å². The lowest BCUT2D eigenvalue weighted by atomic mass is 9.85. The Labute approximate surface area is 88.3 Å². The van der Waals surface area contributed by atoms with Crippen LogP contribution in [0.25, 0.3) is 0 Å². The van der Waals surface area contributed by atoms with Gasteiger partial charge in [-0.3, -0.25) is 0 Å². The van der Waals surface area contributed by atoms with Gasteiger partial charge in [0.1, 0.15) is 0 Å². The van der Waals surface area contributed by atoms with Crippen molar-refractivity contribution >= 4 is 0 Å². The van der Waals surface area contributed by atoms with Gasteiger partial charge in [0.15, 0.2) is 0 Å². The summed E-state index contributed by atoms with van der Waals surface area (Å²) in [5, 5.41) is 9.99. The third kappa shape index (κ3) is 3.58. The zero-order valence-electron chi connectivity index (χ0n) is 9.92. The smallest absolute Gasteiger partial charge is 0.0743 e. The standard InChI is InChI=1S/C12H25NO/c1-4-12(3,14)10-13(5-2)9-11-7-6-8-11/h11,14H,4-10H2,1-3H3. The van der Waals surface area contributed by atoms with Crippen molar-refractivity contribution in [1.82, 2.24) is 4.90 Å². The first-order valence-corrected chi connectivity index (χ1v) is 6.02. The molecule has 0 heterocycles. The minimum absolute atomic E-state index is 0.500. The molecule has 0 radical (unpaired) electrons. The van der Waals surface area contributed by atoms with Crippen LogP contribution in [0.1, 0.15) is 46.5 Å². The highest BCUT2D eigenvalue weighted by atomic mass is 16.3. The molecule has 2 nitrogen and oxygen atoms in total. The maximum atomic E-state index is 9.99. The topological polar surface area (TPSA) is 23.5 Å². The summed E-state index contributed by atoms with van der Waals surface area (Å²) in [7, 11) is 0. The zero-order chi connectivity index (χ0) is 10.6. The Morgan fingerprint density at radius 1 is 1.36 bits per heavy atom. The maximum absolute atomic E-state index is 9.99. The molecule has 1 atom stereocenters. The van der Waals surface area contributed by atoms with Gasteiger partial charge >= 0.3 is 0 Å². The van der Waals surface area contributed by atoms with Crippen LogP contribution in [-0.2, 0) is 0 Å². The molecule has 1 saturated carbocycles. The molecular weight excluding hydrogens is 174 g/mol. The van der Waals surface area contributed by atoms with Crippen LogP contribution in [0.4, 0.5) is 0 Å². The molecule has 0 aromatic heterocycles. The monoisotopic (exact) mass is 199 g/mol. The first-order chi connectivity index (χ1) is 6.57. The van der Waals surface area contributed by atoms with Crippen LogP contribution >= 0.6 is 0 Å². The molecule has 0 aliphatic heterocycles. The molecule has 0 saturated heterocycles. The molecular formula is C12H25NO. The third-order valence-corrected chi connectivity index (χ3v) is 3.51. The van der Waals surface area contributed by atoms with Gasteiger partial charge in [-0.15, -0.1) is 0 Å². The number of hydrogen-bond acceptors (Lipinski definition) is 2. The Kier molecular flexibility index (Phi) is 4.39. The summed E-state index contributed by atoms with van der Waals surface area (Å²) in [5.41, 5.74) is -0.500. The largest absolute Gasteiger partial charge is 0.389 e. The van der Waals surface area contributed by atoms with Crippen molar-refractivity contribution in [3.05, 3.63) is 0 Å². The summed E-state index contributed by atoms with van der Waals surface area (Å²) < 4.78 is 0. The first-order valence-electron chi connectivity index (χ1n) is 6.02. The van der Waals surface area contributed by atoms with Gasteiger partial charge in [-0.05, 0) is 38.6 Å². The van der Waals surface area contributed by atoms with Crippen molar-refractivity contribution in [2.75, 3.05) is 19.6 Å². The lowest BCUT2D eigenvalue weighted by Gasteiger charge is -2.35. The Morgan fingerprint density at radius 3 is 2.36 bits per heavy atom. The normalized spacial score (nSPS) is 22.1. The molecule has 84 valence electrons. The molecule has 0 aromatic rings. The van der Waals surface area contributed by atoms with Gasteiger partial charge < -0.3 is 10.0 Å². The van der Waals surface area contributed by atoms with Crippen molar-refractivity contribution in [1.29, 1.82) is 0 Å². The van der Waals surface area contributed by atoms with E-state index in [-0.39, 0.29) is 0 Å². The molecule has 1 rings (SSSR count). The number of likely N-dealkylation sites (N-methyl/N-ethyl adjacent to an activating group) is 1. The molecule has 1 aliphatic carbocycles. The van der Waals surface area contributed by atoms with E-state index in [2.05, 4.69) is 18.7 Å². The minimum atomic E-state index is -0.500. The fraction of sp³-hybridized carbons (Fsp3) is 1.00. The molecule has 0 aromatic carbocycles. The SMILES string of the molecule is CCN(CC1CCC1)CC(C)(O)CC. The molecule has 1 N–H and O–H groups in total. The predicted molar refractivity (Wildman–Crippen MR) is 60.4 cm³/mol. The van der Waals surface area contributed by atoms with Crippen LogP contribution < -0.4 is 0 Å². The highest BCUT2D eigenvalue weighted by Gasteiger charge is 2.25. The number of aliphatic hydroxyl groups is 1. The van der Waals surface area contributed by atoms with Crippen LogP contribution in [0.5, 0.6) is 0 Å². The Balaban J connectivity index is 2.29. The quantitative estimate of drug-likeness (QED) is 0.709. The number of rotatable bonds is 6. The highest BCUT2D eigenvalue weighted by Crippen LogP contribution is 2.27. The maximum Gasteiger partial charge on any atom is 0.0743 e. The average Bonchev–Trinajstić information content (AvgIpc) is 2.09. The van der Waals surface area contributed by atoms with E-state index in [0.717, 1.165) is 25.4 Å². The van der Waals surface area contributed by atoms with Crippen molar-refractivity contribution in [3.8, 4) is 0 Å². The molecule has 14 heavy (non-hydrogen) atoms. The van der Waals surface area contributed by atoms with E-state index < -0.39 is 5.60 Å². The first kappa shape index (κ1) is 12.0. The molecule has 1 aliphatic rings.